The minimum absolute atomic E-state index is 0.601. The van der Waals surface area contributed by atoms with Crippen LogP contribution >= 0.6 is 0 Å². The first kappa shape index (κ1) is 15.3. The summed E-state index contributed by atoms with van der Waals surface area (Å²) in [6.07, 6.45) is 4.65. The van der Waals surface area contributed by atoms with Crippen molar-refractivity contribution in [1.29, 1.82) is 0 Å². The minimum atomic E-state index is 0.601. The van der Waals surface area contributed by atoms with Crippen LogP contribution in [0.4, 0.5) is 0 Å². The van der Waals surface area contributed by atoms with E-state index in [0.717, 1.165) is 56.7 Å². The van der Waals surface area contributed by atoms with E-state index < -0.39 is 0 Å². The summed E-state index contributed by atoms with van der Waals surface area (Å²) in [5, 5.41) is 12.1. The van der Waals surface area contributed by atoms with Gasteiger partial charge in [-0.25, -0.2) is 0 Å². The summed E-state index contributed by atoms with van der Waals surface area (Å²) in [7, 11) is 3.61. The average Bonchev–Trinajstić information content (AvgIpc) is 3.16. The van der Waals surface area contributed by atoms with E-state index in [9.17, 15) is 0 Å². The van der Waals surface area contributed by atoms with Crippen LogP contribution in [0.15, 0.2) is 4.99 Å². The van der Waals surface area contributed by atoms with Crippen molar-refractivity contribution in [3.8, 4) is 0 Å². The molecule has 7 heteroatoms. The second kappa shape index (κ2) is 7.09. The highest BCUT2D eigenvalue weighted by Crippen LogP contribution is 2.17. The van der Waals surface area contributed by atoms with Gasteiger partial charge >= 0.3 is 0 Å². The Kier molecular flexibility index (Phi) is 4.92. The number of aliphatic imine (C=N–C) groups is 1. The maximum absolute atomic E-state index is 5.26. The SMILES string of the molecule is CN=C(NCc1nnc2n1CCCC2)N1CCC(COC)C1. The summed E-state index contributed by atoms with van der Waals surface area (Å²) in [4.78, 5) is 6.71. The van der Waals surface area contributed by atoms with Crippen molar-refractivity contribution >= 4 is 5.96 Å². The molecule has 0 spiro atoms. The predicted octanol–water partition coefficient (Wildman–Crippen LogP) is 0.658. The molecule has 2 aliphatic heterocycles. The number of methoxy groups -OCH3 is 1. The normalized spacial score (nSPS) is 22.0. The lowest BCUT2D eigenvalue weighted by Crippen LogP contribution is -2.40. The van der Waals surface area contributed by atoms with Gasteiger partial charge in [-0.2, -0.15) is 0 Å². The highest BCUT2D eigenvalue weighted by Gasteiger charge is 2.25. The summed E-state index contributed by atoms with van der Waals surface area (Å²) in [6.45, 7) is 4.59. The van der Waals surface area contributed by atoms with E-state index in [-0.39, 0.29) is 0 Å². The fourth-order valence-electron chi connectivity index (χ4n) is 3.39. The molecule has 0 amide bonds. The van der Waals surface area contributed by atoms with E-state index in [2.05, 4.69) is 30.0 Å². The largest absolute Gasteiger partial charge is 0.384 e. The Bertz CT molecular complexity index is 526. The van der Waals surface area contributed by atoms with E-state index in [1.54, 1.807) is 7.11 Å². The standard InChI is InChI=1S/C15H26N6O/c1-16-15(20-8-6-12(10-20)11-22-2)17-9-14-19-18-13-5-3-4-7-21(13)14/h12H,3-11H2,1-2H3,(H,16,17). The van der Waals surface area contributed by atoms with Gasteiger partial charge in [0.2, 0.25) is 0 Å². The summed E-state index contributed by atoms with van der Waals surface area (Å²) >= 11 is 0. The van der Waals surface area contributed by atoms with Gasteiger partial charge in [0.25, 0.3) is 0 Å². The molecule has 22 heavy (non-hydrogen) atoms. The quantitative estimate of drug-likeness (QED) is 0.654. The van der Waals surface area contributed by atoms with E-state index in [1.807, 2.05) is 7.05 Å². The molecule has 0 saturated carbocycles. The molecule has 3 rings (SSSR count). The monoisotopic (exact) mass is 306 g/mol. The molecular weight excluding hydrogens is 280 g/mol. The molecule has 7 nitrogen and oxygen atoms in total. The fourth-order valence-corrected chi connectivity index (χ4v) is 3.39. The minimum Gasteiger partial charge on any atom is -0.384 e. The van der Waals surface area contributed by atoms with Gasteiger partial charge in [-0.1, -0.05) is 0 Å². The zero-order chi connectivity index (χ0) is 15.4. The Balaban J connectivity index is 1.57. The zero-order valence-corrected chi connectivity index (χ0v) is 13.6. The second-order valence-corrected chi connectivity index (χ2v) is 6.10. The number of ether oxygens (including phenoxy) is 1. The molecule has 1 fully saturated rings. The molecule has 0 bridgehead atoms. The molecule has 1 atom stereocenters. The van der Waals surface area contributed by atoms with Gasteiger partial charge in [0.15, 0.2) is 11.8 Å². The van der Waals surface area contributed by atoms with Crippen molar-refractivity contribution in [2.45, 2.75) is 38.8 Å². The summed E-state index contributed by atoms with van der Waals surface area (Å²) in [5.74, 6) is 3.69. The topological polar surface area (TPSA) is 67.6 Å². The van der Waals surface area contributed by atoms with Crippen molar-refractivity contribution in [1.82, 2.24) is 25.0 Å². The number of aromatic nitrogens is 3. The maximum Gasteiger partial charge on any atom is 0.194 e. The fraction of sp³-hybridized carbons (Fsp3) is 0.800. The smallest absolute Gasteiger partial charge is 0.194 e. The van der Waals surface area contributed by atoms with Gasteiger partial charge in [-0.3, -0.25) is 4.99 Å². The molecular formula is C15H26N6O. The van der Waals surface area contributed by atoms with Crippen molar-refractivity contribution in [3.63, 3.8) is 0 Å². The molecule has 122 valence electrons. The number of fused-ring (bicyclic) bond motifs is 1. The lowest BCUT2D eigenvalue weighted by molar-refractivity contribution is 0.157. The van der Waals surface area contributed by atoms with E-state index in [1.165, 1.54) is 12.8 Å². The third kappa shape index (κ3) is 3.24. The van der Waals surface area contributed by atoms with Crippen LogP contribution in [0.5, 0.6) is 0 Å². The van der Waals surface area contributed by atoms with Crippen LogP contribution in [0.3, 0.4) is 0 Å². The van der Waals surface area contributed by atoms with Crippen molar-refractivity contribution in [2.24, 2.45) is 10.9 Å². The van der Waals surface area contributed by atoms with Crippen LogP contribution in [0.25, 0.3) is 0 Å². The lowest BCUT2D eigenvalue weighted by atomic mass is 10.1. The first-order chi connectivity index (χ1) is 10.8. The number of rotatable bonds is 4. The van der Waals surface area contributed by atoms with Crippen molar-refractivity contribution in [3.05, 3.63) is 11.6 Å². The van der Waals surface area contributed by atoms with Crippen molar-refractivity contribution in [2.75, 3.05) is 33.9 Å². The third-order valence-corrected chi connectivity index (χ3v) is 4.54. The molecule has 2 aliphatic rings. The number of hydrogen-bond acceptors (Lipinski definition) is 4. The van der Waals surface area contributed by atoms with Crippen LogP contribution in [0, 0.1) is 5.92 Å². The van der Waals surface area contributed by atoms with Crippen molar-refractivity contribution < 1.29 is 4.74 Å². The molecule has 1 aromatic rings. The van der Waals surface area contributed by atoms with Gasteiger partial charge in [0.1, 0.15) is 5.82 Å². The van der Waals surface area contributed by atoms with Gasteiger partial charge in [-0.05, 0) is 19.3 Å². The molecule has 1 N–H and O–H groups in total. The molecule has 0 radical (unpaired) electrons. The molecule has 3 heterocycles. The van der Waals surface area contributed by atoms with E-state index in [0.29, 0.717) is 12.5 Å². The number of likely N-dealkylation sites (tertiary alicyclic amines) is 1. The predicted molar refractivity (Wildman–Crippen MR) is 84.7 cm³/mol. The van der Waals surface area contributed by atoms with E-state index >= 15 is 0 Å². The Morgan fingerprint density at radius 2 is 2.27 bits per heavy atom. The number of guanidine groups is 1. The average molecular weight is 306 g/mol. The zero-order valence-electron chi connectivity index (χ0n) is 13.6. The summed E-state index contributed by atoms with van der Waals surface area (Å²) in [6, 6.07) is 0. The second-order valence-electron chi connectivity index (χ2n) is 6.10. The maximum atomic E-state index is 5.26. The molecule has 1 saturated heterocycles. The molecule has 0 aromatic carbocycles. The number of hydrogen-bond donors (Lipinski definition) is 1. The number of aryl methyl sites for hydroxylation is 1. The highest BCUT2D eigenvalue weighted by molar-refractivity contribution is 5.80. The van der Waals surface area contributed by atoms with Crippen LogP contribution in [-0.4, -0.2) is 59.5 Å². The Labute approximate surface area is 131 Å². The van der Waals surface area contributed by atoms with Gasteiger partial charge in [0.05, 0.1) is 13.2 Å². The third-order valence-electron chi connectivity index (χ3n) is 4.54. The van der Waals surface area contributed by atoms with Gasteiger partial charge < -0.3 is 19.5 Å². The molecule has 1 aromatic heterocycles. The number of nitrogens with one attached hydrogen (secondary N) is 1. The summed E-state index contributed by atoms with van der Waals surface area (Å²) < 4.78 is 7.51. The van der Waals surface area contributed by atoms with Crippen LogP contribution in [0.1, 0.15) is 30.9 Å². The highest BCUT2D eigenvalue weighted by atomic mass is 16.5. The first-order valence-corrected chi connectivity index (χ1v) is 8.17. The van der Waals surface area contributed by atoms with Crippen LogP contribution in [0.2, 0.25) is 0 Å². The Morgan fingerprint density at radius 3 is 3.09 bits per heavy atom. The molecule has 1 unspecified atom stereocenters. The van der Waals surface area contributed by atoms with Crippen LogP contribution < -0.4 is 5.32 Å². The lowest BCUT2D eigenvalue weighted by Gasteiger charge is -2.22. The molecule has 0 aliphatic carbocycles. The first-order valence-electron chi connectivity index (χ1n) is 8.17. The van der Waals surface area contributed by atoms with Crippen LogP contribution in [-0.2, 0) is 24.2 Å². The van der Waals surface area contributed by atoms with E-state index in [4.69, 9.17) is 4.74 Å². The van der Waals surface area contributed by atoms with Gasteiger partial charge in [0, 0.05) is 46.1 Å². The Morgan fingerprint density at radius 1 is 1.36 bits per heavy atom. The van der Waals surface area contributed by atoms with Gasteiger partial charge in [-0.15, -0.1) is 10.2 Å². The number of nitrogens with zero attached hydrogens (tertiary/aromatic N) is 5. The summed E-state index contributed by atoms with van der Waals surface area (Å²) in [5.41, 5.74) is 0. The Hall–Kier alpha value is -1.63.